The SMILES string of the molecule is CC(C)c1cc2c3c(c1)N(c1ccc(C(C)(C)C)cc1-c1ccc(C(C)(C)C)cc1)c1cc4c(cc1B3c1cc(C(C)(C)C)ccc1N2c1ccc(C(C)(C)C)cc1)C(C)(C)CC4(C)C. The molecule has 0 saturated carbocycles. The zero-order valence-corrected chi connectivity index (χ0v) is 43.1. The van der Waals surface area contributed by atoms with Gasteiger partial charge in [0.2, 0.25) is 0 Å². The van der Waals surface area contributed by atoms with Gasteiger partial charge in [-0.2, -0.15) is 0 Å². The zero-order valence-electron chi connectivity index (χ0n) is 43.1. The topological polar surface area (TPSA) is 6.48 Å². The van der Waals surface area contributed by atoms with Crippen molar-refractivity contribution in [2.24, 2.45) is 0 Å². The molecule has 6 aromatic carbocycles. The summed E-state index contributed by atoms with van der Waals surface area (Å²) >= 11 is 0. The molecule has 0 unspecified atom stereocenters. The van der Waals surface area contributed by atoms with Crippen molar-refractivity contribution in [1.29, 1.82) is 0 Å². The van der Waals surface area contributed by atoms with Crippen molar-refractivity contribution in [2.75, 3.05) is 9.80 Å². The van der Waals surface area contributed by atoms with Gasteiger partial charge in [0.05, 0.1) is 5.69 Å². The second-order valence-corrected chi connectivity index (χ2v) is 25.8. The highest BCUT2D eigenvalue weighted by molar-refractivity contribution is 7.00. The highest BCUT2D eigenvalue weighted by atomic mass is 15.2. The first-order valence-electron chi connectivity index (χ1n) is 24.5. The van der Waals surface area contributed by atoms with E-state index in [-0.39, 0.29) is 39.2 Å². The molecule has 0 bridgehead atoms. The molecule has 0 radical (unpaired) electrons. The minimum atomic E-state index is -0.0196. The van der Waals surface area contributed by atoms with Gasteiger partial charge in [0.1, 0.15) is 0 Å². The van der Waals surface area contributed by atoms with Gasteiger partial charge in [0, 0.05) is 34.0 Å². The minimum Gasteiger partial charge on any atom is -0.311 e. The summed E-state index contributed by atoms with van der Waals surface area (Å²) in [5.41, 5.74) is 24.2. The average molecular weight is 859 g/mol. The Balaban J connectivity index is 1.43. The van der Waals surface area contributed by atoms with Crippen LogP contribution in [0.25, 0.3) is 11.1 Å². The van der Waals surface area contributed by atoms with E-state index >= 15 is 0 Å². The predicted molar refractivity (Wildman–Crippen MR) is 285 cm³/mol. The van der Waals surface area contributed by atoms with Crippen LogP contribution in [-0.4, -0.2) is 6.71 Å². The summed E-state index contributed by atoms with van der Waals surface area (Å²) in [4.78, 5) is 5.31. The Bertz CT molecular complexity index is 2840. The molecule has 2 aliphatic heterocycles. The van der Waals surface area contributed by atoms with E-state index < -0.39 is 0 Å². The second kappa shape index (κ2) is 14.7. The molecular weight excluding hydrogens is 784 g/mol. The Hall–Kier alpha value is -5.02. The lowest BCUT2D eigenvalue weighted by atomic mass is 9.33. The number of anilines is 6. The molecule has 336 valence electrons. The van der Waals surface area contributed by atoms with Crippen molar-refractivity contribution in [3.05, 3.63) is 148 Å². The van der Waals surface area contributed by atoms with Gasteiger partial charge in [-0.25, -0.2) is 0 Å². The van der Waals surface area contributed by atoms with E-state index in [1.54, 1.807) is 0 Å². The molecule has 0 amide bonds. The lowest BCUT2D eigenvalue weighted by Crippen LogP contribution is -2.61. The fourth-order valence-corrected chi connectivity index (χ4v) is 11.5. The summed E-state index contributed by atoms with van der Waals surface area (Å²) in [6.45, 7) is 42.6. The van der Waals surface area contributed by atoms with Gasteiger partial charge in [-0.15, -0.1) is 0 Å². The molecule has 0 spiro atoms. The third-order valence-electron chi connectivity index (χ3n) is 15.3. The molecule has 3 heteroatoms. The highest BCUT2D eigenvalue weighted by Gasteiger charge is 2.48. The van der Waals surface area contributed by atoms with E-state index in [4.69, 9.17) is 0 Å². The zero-order chi connectivity index (χ0) is 47.1. The van der Waals surface area contributed by atoms with Gasteiger partial charge in [0.15, 0.2) is 0 Å². The van der Waals surface area contributed by atoms with E-state index in [1.807, 2.05) is 0 Å². The van der Waals surface area contributed by atoms with Crippen molar-refractivity contribution in [3.63, 3.8) is 0 Å². The van der Waals surface area contributed by atoms with E-state index in [9.17, 15) is 0 Å². The molecule has 3 aliphatic rings. The number of benzene rings is 6. The van der Waals surface area contributed by atoms with Crippen molar-refractivity contribution in [1.82, 2.24) is 0 Å². The smallest absolute Gasteiger partial charge is 0.252 e. The molecule has 0 N–H and O–H groups in total. The fraction of sp³-hybridized carbons (Fsp3) is 0.419. The normalized spacial score (nSPS) is 16.4. The number of hydrogen-bond donors (Lipinski definition) is 0. The molecule has 0 aromatic heterocycles. The van der Waals surface area contributed by atoms with E-state index in [0.717, 1.165) is 6.42 Å². The van der Waals surface area contributed by atoms with Crippen LogP contribution in [0.4, 0.5) is 34.1 Å². The Morgan fingerprint density at radius 1 is 0.446 bits per heavy atom. The molecule has 0 saturated heterocycles. The summed E-state index contributed by atoms with van der Waals surface area (Å²) in [6.07, 6.45) is 1.12. The maximum atomic E-state index is 2.71. The molecule has 0 atom stereocenters. The van der Waals surface area contributed by atoms with Gasteiger partial charge in [-0.1, -0.05) is 185 Å². The average Bonchev–Trinajstić information content (AvgIpc) is 3.39. The molecule has 65 heavy (non-hydrogen) atoms. The summed E-state index contributed by atoms with van der Waals surface area (Å²) in [7, 11) is 0. The van der Waals surface area contributed by atoms with Gasteiger partial charge < -0.3 is 9.80 Å². The first-order valence-corrected chi connectivity index (χ1v) is 24.5. The van der Waals surface area contributed by atoms with Crippen molar-refractivity contribution in [3.8, 4) is 11.1 Å². The summed E-state index contributed by atoms with van der Waals surface area (Å²) in [5.74, 6) is 0.320. The second-order valence-electron chi connectivity index (χ2n) is 25.8. The molecule has 0 fully saturated rings. The van der Waals surface area contributed by atoms with Gasteiger partial charge in [0.25, 0.3) is 6.71 Å². The number of rotatable bonds is 4. The standard InChI is InChI=1S/C62H75BN2/c1-38(2)40-31-54-56-55(32-40)65(51-29-25-43(59(9,10)11)33-46(51)39-19-21-41(22-20-39)57(3,4)5)53-36-48-47(61(15,16)37-62(48,17)18)35-50(53)63(56)49-34-44(60(12,13)14)26-30-52(49)64(54)45-27-23-42(24-28-45)58(6,7)8/h19-36,38H,37H2,1-18H3. The number of hydrogen-bond acceptors (Lipinski definition) is 2. The largest absolute Gasteiger partial charge is 0.311 e. The van der Waals surface area contributed by atoms with Crippen LogP contribution < -0.4 is 26.2 Å². The van der Waals surface area contributed by atoms with Gasteiger partial charge in [-0.3, -0.25) is 0 Å². The minimum absolute atomic E-state index is 0.0153. The monoisotopic (exact) mass is 859 g/mol. The quantitative estimate of drug-likeness (QED) is 0.163. The van der Waals surface area contributed by atoms with Crippen LogP contribution >= 0.6 is 0 Å². The summed E-state index contributed by atoms with van der Waals surface area (Å²) < 4.78 is 0. The molecule has 9 rings (SSSR count). The predicted octanol–water partition coefficient (Wildman–Crippen LogP) is 15.7. The first-order chi connectivity index (χ1) is 30.1. The Morgan fingerprint density at radius 2 is 0.892 bits per heavy atom. The van der Waals surface area contributed by atoms with Crippen LogP contribution in [0.3, 0.4) is 0 Å². The maximum absolute atomic E-state index is 2.71. The Kier molecular flexibility index (Phi) is 10.2. The van der Waals surface area contributed by atoms with Gasteiger partial charge in [-0.05, 0) is 154 Å². The van der Waals surface area contributed by atoms with Crippen LogP contribution in [0.15, 0.2) is 109 Å². The summed E-state index contributed by atoms with van der Waals surface area (Å²) in [5, 5.41) is 0. The summed E-state index contributed by atoms with van der Waals surface area (Å²) in [6, 6.07) is 44.1. The van der Waals surface area contributed by atoms with Crippen LogP contribution in [0, 0.1) is 0 Å². The van der Waals surface area contributed by atoms with Crippen molar-refractivity contribution in [2.45, 2.75) is 169 Å². The lowest BCUT2D eigenvalue weighted by molar-refractivity contribution is 0.403. The Morgan fingerprint density at radius 3 is 1.42 bits per heavy atom. The van der Waals surface area contributed by atoms with Crippen molar-refractivity contribution < 1.29 is 0 Å². The molecular formula is C62H75BN2. The fourth-order valence-electron chi connectivity index (χ4n) is 11.5. The molecule has 2 nitrogen and oxygen atoms in total. The van der Waals surface area contributed by atoms with Crippen LogP contribution in [0.1, 0.15) is 176 Å². The third-order valence-corrected chi connectivity index (χ3v) is 15.3. The van der Waals surface area contributed by atoms with Crippen LogP contribution in [0.2, 0.25) is 0 Å². The highest BCUT2D eigenvalue weighted by Crippen LogP contribution is 2.54. The molecule has 2 heterocycles. The molecule has 1 aliphatic carbocycles. The maximum Gasteiger partial charge on any atom is 0.252 e. The first kappa shape index (κ1) is 45.2. The number of nitrogens with zero attached hydrogens (tertiary/aromatic N) is 2. The van der Waals surface area contributed by atoms with Crippen LogP contribution in [0.5, 0.6) is 0 Å². The Labute approximate surface area is 394 Å². The van der Waals surface area contributed by atoms with E-state index in [0.29, 0.717) is 5.92 Å². The van der Waals surface area contributed by atoms with Crippen LogP contribution in [-0.2, 0) is 32.5 Å². The lowest BCUT2D eigenvalue weighted by Gasteiger charge is -2.46. The van der Waals surface area contributed by atoms with E-state index in [2.05, 4.69) is 244 Å². The van der Waals surface area contributed by atoms with E-state index in [1.165, 1.54) is 101 Å². The third kappa shape index (κ3) is 7.58. The van der Waals surface area contributed by atoms with Crippen molar-refractivity contribution >= 4 is 57.2 Å². The van der Waals surface area contributed by atoms with Gasteiger partial charge >= 0.3 is 0 Å². The number of fused-ring (bicyclic) bond motifs is 5. The molecule has 6 aromatic rings.